The summed E-state index contributed by atoms with van der Waals surface area (Å²) in [6.07, 6.45) is 4.15. The molecule has 1 aromatic rings. The third kappa shape index (κ3) is 5.52. The van der Waals surface area contributed by atoms with E-state index >= 15 is 0 Å². The lowest BCUT2D eigenvalue weighted by atomic mass is 9.89. The SMILES string of the molecule is CCN(CCN)[C@@H]1CCCC[C@@H]1NC(=O)OCc1ccccc1. The standard InChI is InChI=1S/C18H29N3O2/c1-2-21(13-12-19)17-11-7-6-10-16(17)20-18(22)23-14-15-8-4-3-5-9-15/h3-5,8-9,16-17H,2,6-7,10-14,19H2,1H3,(H,20,22)/t16-,17+/m0/s1. The molecule has 0 unspecified atom stereocenters. The Morgan fingerprint density at radius 2 is 2.04 bits per heavy atom. The Hall–Kier alpha value is -1.59. The van der Waals surface area contributed by atoms with Gasteiger partial charge in [-0.15, -0.1) is 0 Å². The summed E-state index contributed by atoms with van der Waals surface area (Å²) in [7, 11) is 0. The molecule has 0 heterocycles. The lowest BCUT2D eigenvalue weighted by molar-refractivity contribution is 0.104. The predicted octanol–water partition coefficient (Wildman–Crippen LogP) is 2.50. The van der Waals surface area contributed by atoms with Crippen molar-refractivity contribution in [3.05, 3.63) is 35.9 Å². The molecule has 1 aliphatic rings. The van der Waals surface area contributed by atoms with Crippen LogP contribution >= 0.6 is 0 Å². The minimum Gasteiger partial charge on any atom is -0.445 e. The zero-order chi connectivity index (χ0) is 16.5. The number of nitrogens with one attached hydrogen (secondary N) is 1. The molecule has 5 nitrogen and oxygen atoms in total. The van der Waals surface area contributed by atoms with E-state index in [1.807, 2.05) is 30.3 Å². The Morgan fingerprint density at radius 3 is 2.74 bits per heavy atom. The van der Waals surface area contributed by atoms with E-state index in [4.69, 9.17) is 10.5 Å². The van der Waals surface area contributed by atoms with Gasteiger partial charge in [-0.3, -0.25) is 4.90 Å². The van der Waals surface area contributed by atoms with Gasteiger partial charge in [0.1, 0.15) is 6.61 Å². The topological polar surface area (TPSA) is 67.6 Å². The number of alkyl carbamates (subject to hydrolysis) is 1. The molecule has 2 atom stereocenters. The minimum absolute atomic E-state index is 0.151. The van der Waals surface area contributed by atoms with Crippen LogP contribution < -0.4 is 11.1 Å². The molecule has 128 valence electrons. The summed E-state index contributed by atoms with van der Waals surface area (Å²) in [5.41, 5.74) is 6.72. The van der Waals surface area contributed by atoms with E-state index in [1.165, 1.54) is 6.42 Å². The third-order valence-electron chi connectivity index (χ3n) is 4.54. The fourth-order valence-corrected chi connectivity index (χ4v) is 3.36. The number of rotatable bonds is 7. The van der Waals surface area contributed by atoms with Gasteiger partial charge < -0.3 is 15.8 Å². The van der Waals surface area contributed by atoms with Crippen molar-refractivity contribution in [2.75, 3.05) is 19.6 Å². The van der Waals surface area contributed by atoms with Crippen LogP contribution in [0.15, 0.2) is 30.3 Å². The van der Waals surface area contributed by atoms with Crippen LogP contribution in [0.5, 0.6) is 0 Å². The smallest absolute Gasteiger partial charge is 0.407 e. The van der Waals surface area contributed by atoms with Crippen molar-refractivity contribution in [3.63, 3.8) is 0 Å². The Bertz CT molecular complexity index is 467. The van der Waals surface area contributed by atoms with E-state index in [0.717, 1.165) is 37.9 Å². The van der Waals surface area contributed by atoms with Gasteiger partial charge in [0.15, 0.2) is 0 Å². The van der Waals surface area contributed by atoms with Gasteiger partial charge in [0.25, 0.3) is 0 Å². The Morgan fingerprint density at radius 1 is 1.30 bits per heavy atom. The molecule has 0 aromatic heterocycles. The highest BCUT2D eigenvalue weighted by Gasteiger charge is 2.30. The normalized spacial score (nSPS) is 21.2. The van der Waals surface area contributed by atoms with Gasteiger partial charge >= 0.3 is 6.09 Å². The van der Waals surface area contributed by atoms with E-state index in [1.54, 1.807) is 0 Å². The quantitative estimate of drug-likeness (QED) is 0.810. The number of amides is 1. The first kappa shape index (κ1) is 17.8. The van der Waals surface area contributed by atoms with Gasteiger partial charge in [-0.05, 0) is 24.9 Å². The summed E-state index contributed by atoms with van der Waals surface area (Å²) in [6, 6.07) is 10.3. The number of carbonyl (C=O) groups excluding carboxylic acids is 1. The molecule has 1 aliphatic carbocycles. The molecule has 1 fully saturated rings. The second kappa shape index (κ2) is 9.53. The van der Waals surface area contributed by atoms with Crippen LogP contribution in [-0.2, 0) is 11.3 Å². The molecule has 0 spiro atoms. The second-order valence-corrected chi connectivity index (χ2v) is 6.08. The van der Waals surface area contributed by atoms with Crippen molar-refractivity contribution >= 4 is 6.09 Å². The number of ether oxygens (including phenoxy) is 1. The molecule has 3 N–H and O–H groups in total. The van der Waals surface area contributed by atoms with E-state index in [-0.39, 0.29) is 12.1 Å². The lowest BCUT2D eigenvalue weighted by Gasteiger charge is -2.39. The summed E-state index contributed by atoms with van der Waals surface area (Å²) in [5, 5.41) is 3.07. The van der Waals surface area contributed by atoms with Crippen LogP contribution in [0.4, 0.5) is 4.79 Å². The maximum atomic E-state index is 12.1. The first-order chi connectivity index (χ1) is 11.2. The highest BCUT2D eigenvalue weighted by atomic mass is 16.5. The number of benzene rings is 1. The molecule has 0 radical (unpaired) electrons. The minimum atomic E-state index is -0.324. The lowest BCUT2D eigenvalue weighted by Crippen LogP contribution is -2.54. The first-order valence-corrected chi connectivity index (χ1v) is 8.66. The van der Waals surface area contributed by atoms with Gasteiger partial charge in [0, 0.05) is 25.2 Å². The van der Waals surface area contributed by atoms with Crippen molar-refractivity contribution < 1.29 is 9.53 Å². The van der Waals surface area contributed by atoms with Gasteiger partial charge in [0.05, 0.1) is 0 Å². The predicted molar refractivity (Wildman–Crippen MR) is 92.1 cm³/mol. The summed E-state index contributed by atoms with van der Waals surface area (Å²) in [6.45, 7) is 4.94. The Labute approximate surface area is 139 Å². The highest BCUT2D eigenvalue weighted by Crippen LogP contribution is 2.23. The molecule has 0 aliphatic heterocycles. The average molecular weight is 319 g/mol. The van der Waals surface area contributed by atoms with Crippen molar-refractivity contribution in [2.45, 2.75) is 51.3 Å². The van der Waals surface area contributed by atoms with Crippen molar-refractivity contribution in [3.8, 4) is 0 Å². The van der Waals surface area contributed by atoms with Crippen LogP contribution in [0.3, 0.4) is 0 Å². The summed E-state index contributed by atoms with van der Waals surface area (Å²) in [4.78, 5) is 14.5. The molecule has 2 rings (SSSR count). The zero-order valence-electron chi connectivity index (χ0n) is 14.0. The van der Waals surface area contributed by atoms with Gasteiger partial charge in [-0.1, -0.05) is 50.1 Å². The van der Waals surface area contributed by atoms with Gasteiger partial charge in [-0.2, -0.15) is 0 Å². The van der Waals surface area contributed by atoms with Crippen LogP contribution in [0, 0.1) is 0 Å². The van der Waals surface area contributed by atoms with Gasteiger partial charge in [-0.25, -0.2) is 4.79 Å². The molecule has 23 heavy (non-hydrogen) atoms. The second-order valence-electron chi connectivity index (χ2n) is 6.08. The summed E-state index contributed by atoms with van der Waals surface area (Å²) < 4.78 is 5.36. The van der Waals surface area contributed by atoms with Gasteiger partial charge in [0.2, 0.25) is 0 Å². The summed E-state index contributed by atoms with van der Waals surface area (Å²) in [5.74, 6) is 0. The highest BCUT2D eigenvalue weighted by molar-refractivity contribution is 5.67. The third-order valence-corrected chi connectivity index (χ3v) is 4.54. The largest absolute Gasteiger partial charge is 0.445 e. The van der Waals surface area contributed by atoms with Crippen LogP contribution in [0.25, 0.3) is 0 Å². The number of likely N-dealkylation sites (N-methyl/N-ethyl adjacent to an activating group) is 1. The molecule has 1 saturated carbocycles. The zero-order valence-corrected chi connectivity index (χ0v) is 14.0. The monoisotopic (exact) mass is 319 g/mol. The molecule has 5 heteroatoms. The van der Waals surface area contributed by atoms with Crippen molar-refractivity contribution in [1.29, 1.82) is 0 Å². The maximum absolute atomic E-state index is 12.1. The number of carbonyl (C=O) groups is 1. The molecule has 1 amide bonds. The Kier molecular flexibility index (Phi) is 7.36. The van der Waals surface area contributed by atoms with E-state index in [0.29, 0.717) is 19.2 Å². The molecular formula is C18H29N3O2. The van der Waals surface area contributed by atoms with Crippen LogP contribution in [-0.4, -0.2) is 42.7 Å². The maximum Gasteiger partial charge on any atom is 0.407 e. The number of nitrogens with zero attached hydrogens (tertiary/aromatic N) is 1. The molecule has 1 aromatic carbocycles. The average Bonchev–Trinajstić information content (AvgIpc) is 2.59. The number of nitrogens with two attached hydrogens (primary N) is 1. The fourth-order valence-electron chi connectivity index (χ4n) is 3.36. The number of hydrogen-bond donors (Lipinski definition) is 2. The van der Waals surface area contributed by atoms with Crippen LogP contribution in [0.1, 0.15) is 38.2 Å². The van der Waals surface area contributed by atoms with E-state index < -0.39 is 0 Å². The fraction of sp³-hybridized carbons (Fsp3) is 0.611. The molecular weight excluding hydrogens is 290 g/mol. The molecule has 0 bridgehead atoms. The van der Waals surface area contributed by atoms with E-state index in [2.05, 4.69) is 17.1 Å². The van der Waals surface area contributed by atoms with E-state index in [9.17, 15) is 4.79 Å². The molecule has 0 saturated heterocycles. The van der Waals surface area contributed by atoms with Crippen molar-refractivity contribution in [2.24, 2.45) is 5.73 Å². The van der Waals surface area contributed by atoms with Crippen molar-refractivity contribution in [1.82, 2.24) is 10.2 Å². The first-order valence-electron chi connectivity index (χ1n) is 8.66. The number of hydrogen-bond acceptors (Lipinski definition) is 4. The Balaban J connectivity index is 1.86. The summed E-state index contributed by atoms with van der Waals surface area (Å²) >= 11 is 0. The van der Waals surface area contributed by atoms with Crippen LogP contribution in [0.2, 0.25) is 0 Å².